The summed E-state index contributed by atoms with van der Waals surface area (Å²) in [5, 5.41) is 4.23. The normalized spacial score (nSPS) is 13.3. The monoisotopic (exact) mass is 169 g/mol. The zero-order chi connectivity index (χ0) is 9.14. The molecular weight excluding hydrogens is 154 g/mol. The predicted octanol–water partition coefficient (Wildman–Crippen LogP) is 0.722. The summed E-state index contributed by atoms with van der Waals surface area (Å²) >= 11 is 0. The van der Waals surface area contributed by atoms with Gasteiger partial charge < -0.3 is 4.84 Å². The van der Waals surface area contributed by atoms with Gasteiger partial charge in [-0.05, 0) is 12.5 Å². The first-order chi connectivity index (χ1) is 5.65. The van der Waals surface area contributed by atoms with Gasteiger partial charge in [-0.25, -0.2) is 5.90 Å². The molecule has 0 aliphatic rings. The van der Waals surface area contributed by atoms with Gasteiger partial charge in [0.25, 0.3) is 0 Å². The van der Waals surface area contributed by atoms with Gasteiger partial charge in [-0.1, -0.05) is 6.92 Å². The third-order valence-electron chi connectivity index (χ3n) is 1.93. The molecule has 0 radical (unpaired) electrons. The molecule has 0 fully saturated rings. The van der Waals surface area contributed by atoms with Crippen molar-refractivity contribution >= 4 is 0 Å². The molecule has 0 spiro atoms. The smallest absolute Gasteiger partial charge is 0.0746 e. The highest BCUT2D eigenvalue weighted by Crippen LogP contribution is 2.17. The van der Waals surface area contributed by atoms with Crippen LogP contribution in [-0.2, 0) is 11.9 Å². The van der Waals surface area contributed by atoms with E-state index in [2.05, 4.69) is 16.9 Å². The Balaban J connectivity index is 2.79. The van der Waals surface area contributed by atoms with E-state index in [1.165, 1.54) is 5.56 Å². The van der Waals surface area contributed by atoms with Crippen molar-refractivity contribution in [2.24, 2.45) is 12.9 Å². The summed E-state index contributed by atoms with van der Waals surface area (Å²) in [5.74, 6) is 5.31. The van der Waals surface area contributed by atoms with Gasteiger partial charge in [-0.2, -0.15) is 5.10 Å². The molecule has 0 amide bonds. The lowest BCUT2D eigenvalue weighted by Gasteiger charge is -2.07. The number of nitrogens with zero attached hydrogens (tertiary/aromatic N) is 2. The first kappa shape index (κ1) is 9.22. The third kappa shape index (κ3) is 1.84. The quantitative estimate of drug-likeness (QED) is 0.678. The molecule has 1 aromatic heterocycles. The topological polar surface area (TPSA) is 53.1 Å². The van der Waals surface area contributed by atoms with Crippen molar-refractivity contribution in [3.63, 3.8) is 0 Å². The minimum atomic E-state index is 0.309. The van der Waals surface area contributed by atoms with Gasteiger partial charge in [0.05, 0.1) is 12.3 Å². The second kappa shape index (κ2) is 3.69. The average molecular weight is 169 g/mol. The lowest BCUT2D eigenvalue weighted by atomic mass is 10.0. The van der Waals surface area contributed by atoms with Crippen LogP contribution in [0.3, 0.4) is 0 Å². The molecular formula is C8H15N3O. The number of nitrogens with two attached hydrogens (primary N) is 1. The summed E-state index contributed by atoms with van der Waals surface area (Å²) < 4.78 is 1.80. The summed E-state index contributed by atoms with van der Waals surface area (Å²) in [6.45, 7) is 4.59. The largest absolute Gasteiger partial charge is 0.304 e. The standard InChI is InChI=1S/C8H15N3O/c1-6(5-12-9)8-4-11(3)10-7(8)2/h4,6H,5,9H2,1-3H3. The predicted molar refractivity (Wildman–Crippen MR) is 46.5 cm³/mol. The van der Waals surface area contributed by atoms with E-state index in [4.69, 9.17) is 5.90 Å². The Hall–Kier alpha value is -0.870. The fraction of sp³-hybridized carbons (Fsp3) is 0.625. The molecule has 0 aliphatic carbocycles. The van der Waals surface area contributed by atoms with Crippen molar-refractivity contribution in [1.82, 2.24) is 9.78 Å². The molecule has 4 nitrogen and oxygen atoms in total. The summed E-state index contributed by atoms with van der Waals surface area (Å²) in [6, 6.07) is 0. The fourth-order valence-corrected chi connectivity index (χ4v) is 1.34. The lowest BCUT2D eigenvalue weighted by Crippen LogP contribution is -2.08. The first-order valence-electron chi connectivity index (χ1n) is 3.97. The van der Waals surface area contributed by atoms with Gasteiger partial charge in [0.15, 0.2) is 0 Å². The van der Waals surface area contributed by atoms with Crippen LogP contribution < -0.4 is 5.90 Å². The first-order valence-corrected chi connectivity index (χ1v) is 3.97. The van der Waals surface area contributed by atoms with E-state index in [1.807, 2.05) is 20.2 Å². The SMILES string of the molecule is Cc1nn(C)cc1C(C)CON. The van der Waals surface area contributed by atoms with Gasteiger partial charge in [0, 0.05) is 19.2 Å². The molecule has 1 aromatic rings. The van der Waals surface area contributed by atoms with Gasteiger partial charge in [-0.3, -0.25) is 4.68 Å². The molecule has 1 rings (SSSR count). The number of aromatic nitrogens is 2. The van der Waals surface area contributed by atoms with Crippen molar-refractivity contribution in [1.29, 1.82) is 0 Å². The molecule has 0 saturated heterocycles. The van der Waals surface area contributed by atoms with Crippen molar-refractivity contribution in [3.8, 4) is 0 Å². The van der Waals surface area contributed by atoms with Gasteiger partial charge >= 0.3 is 0 Å². The highest BCUT2D eigenvalue weighted by Gasteiger charge is 2.10. The van der Waals surface area contributed by atoms with Crippen LogP contribution in [0.4, 0.5) is 0 Å². The fourth-order valence-electron chi connectivity index (χ4n) is 1.34. The molecule has 0 aliphatic heterocycles. The zero-order valence-electron chi connectivity index (χ0n) is 7.74. The Kier molecular flexibility index (Phi) is 2.83. The number of hydrogen-bond acceptors (Lipinski definition) is 3. The molecule has 12 heavy (non-hydrogen) atoms. The Morgan fingerprint density at radius 1 is 1.75 bits per heavy atom. The zero-order valence-corrected chi connectivity index (χ0v) is 7.74. The molecule has 0 bridgehead atoms. The highest BCUT2D eigenvalue weighted by atomic mass is 16.6. The van der Waals surface area contributed by atoms with E-state index in [0.717, 1.165) is 5.69 Å². The number of rotatable bonds is 3. The second-order valence-electron chi connectivity index (χ2n) is 3.08. The van der Waals surface area contributed by atoms with E-state index in [-0.39, 0.29) is 0 Å². The highest BCUT2D eigenvalue weighted by molar-refractivity contribution is 5.19. The maximum atomic E-state index is 5.00. The van der Waals surface area contributed by atoms with E-state index in [0.29, 0.717) is 12.5 Å². The van der Waals surface area contributed by atoms with Crippen molar-refractivity contribution in [2.75, 3.05) is 6.61 Å². The summed E-state index contributed by atoms with van der Waals surface area (Å²) in [7, 11) is 1.91. The molecule has 1 heterocycles. The molecule has 1 unspecified atom stereocenters. The van der Waals surface area contributed by atoms with Crippen LogP contribution in [0.5, 0.6) is 0 Å². The van der Waals surface area contributed by atoms with Crippen LogP contribution in [0.1, 0.15) is 24.1 Å². The van der Waals surface area contributed by atoms with Crippen LogP contribution in [0, 0.1) is 6.92 Å². The van der Waals surface area contributed by atoms with Crippen molar-refractivity contribution in [3.05, 3.63) is 17.5 Å². The van der Waals surface area contributed by atoms with Crippen LogP contribution in [0.25, 0.3) is 0 Å². The Morgan fingerprint density at radius 2 is 2.42 bits per heavy atom. The molecule has 1 atom stereocenters. The van der Waals surface area contributed by atoms with E-state index in [1.54, 1.807) is 4.68 Å². The number of aryl methyl sites for hydroxylation is 2. The van der Waals surface area contributed by atoms with Crippen molar-refractivity contribution in [2.45, 2.75) is 19.8 Å². The third-order valence-corrected chi connectivity index (χ3v) is 1.93. The van der Waals surface area contributed by atoms with Gasteiger partial charge in [0.1, 0.15) is 0 Å². The number of hydrogen-bond donors (Lipinski definition) is 1. The second-order valence-corrected chi connectivity index (χ2v) is 3.08. The van der Waals surface area contributed by atoms with Crippen molar-refractivity contribution < 1.29 is 4.84 Å². The molecule has 4 heteroatoms. The van der Waals surface area contributed by atoms with E-state index < -0.39 is 0 Å². The maximum Gasteiger partial charge on any atom is 0.0746 e. The van der Waals surface area contributed by atoms with E-state index >= 15 is 0 Å². The Morgan fingerprint density at radius 3 is 2.83 bits per heavy atom. The van der Waals surface area contributed by atoms with Gasteiger partial charge in [-0.15, -0.1) is 0 Å². The van der Waals surface area contributed by atoms with Crippen LogP contribution in [-0.4, -0.2) is 16.4 Å². The summed E-state index contributed by atoms with van der Waals surface area (Å²) in [4.78, 5) is 4.59. The minimum Gasteiger partial charge on any atom is -0.304 e. The maximum absolute atomic E-state index is 5.00. The van der Waals surface area contributed by atoms with Crippen LogP contribution >= 0.6 is 0 Å². The average Bonchev–Trinajstić information content (AvgIpc) is 2.30. The Labute approximate surface area is 72.3 Å². The minimum absolute atomic E-state index is 0.309. The Bertz CT molecular complexity index is 257. The van der Waals surface area contributed by atoms with Crippen LogP contribution in [0.2, 0.25) is 0 Å². The molecule has 2 N–H and O–H groups in total. The summed E-state index contributed by atoms with van der Waals surface area (Å²) in [6.07, 6.45) is 2.00. The van der Waals surface area contributed by atoms with E-state index in [9.17, 15) is 0 Å². The molecule has 0 aromatic carbocycles. The molecule has 68 valence electrons. The van der Waals surface area contributed by atoms with Gasteiger partial charge in [0.2, 0.25) is 0 Å². The van der Waals surface area contributed by atoms with Crippen LogP contribution in [0.15, 0.2) is 6.20 Å². The summed E-state index contributed by atoms with van der Waals surface area (Å²) in [5.41, 5.74) is 2.24. The lowest BCUT2D eigenvalue weighted by molar-refractivity contribution is 0.126. The molecule has 0 saturated carbocycles.